The third-order valence-corrected chi connectivity index (χ3v) is 4.26. The Bertz CT molecular complexity index is 344. The lowest BCUT2D eigenvalue weighted by molar-refractivity contribution is 0.193. The van der Waals surface area contributed by atoms with Crippen LogP contribution in [0.4, 0.5) is 0 Å². The van der Waals surface area contributed by atoms with Crippen LogP contribution in [-0.2, 0) is 40.4 Å². The van der Waals surface area contributed by atoms with Crippen LogP contribution < -0.4 is 0 Å². The molecule has 0 amide bonds. The highest BCUT2D eigenvalue weighted by Gasteiger charge is 2.40. The van der Waals surface area contributed by atoms with Crippen molar-refractivity contribution < 1.29 is 25.2 Å². The van der Waals surface area contributed by atoms with Gasteiger partial charge in [-0.2, -0.15) is 8.42 Å². The monoisotopic (exact) mass is 276 g/mol. The van der Waals surface area contributed by atoms with Gasteiger partial charge in [0.25, 0.3) is 0 Å². The summed E-state index contributed by atoms with van der Waals surface area (Å²) in [6.45, 7) is 0. The molecule has 90 valence electrons. The highest BCUT2D eigenvalue weighted by molar-refractivity contribution is 7.85. The highest BCUT2D eigenvalue weighted by Crippen LogP contribution is 2.21. The predicted octanol–water partition coefficient (Wildman–Crippen LogP) is -1.23. The van der Waals surface area contributed by atoms with Crippen LogP contribution in [0.25, 0.3) is 0 Å². The van der Waals surface area contributed by atoms with E-state index in [-0.39, 0.29) is 11.5 Å². The summed E-state index contributed by atoms with van der Waals surface area (Å²) in [5, 5.41) is 0. The number of rotatable bonds is 4. The summed E-state index contributed by atoms with van der Waals surface area (Å²) in [4.78, 5) is 0. The van der Waals surface area contributed by atoms with Gasteiger partial charge in [0.2, 0.25) is 0 Å². The summed E-state index contributed by atoms with van der Waals surface area (Å²) >= 11 is 0. The minimum atomic E-state index is -4.00. The van der Waals surface area contributed by atoms with E-state index in [1.165, 1.54) is 12.5 Å². The Labute approximate surface area is 93.6 Å². The van der Waals surface area contributed by atoms with Crippen LogP contribution >= 0.6 is 0 Å². The number of hydrogen-bond acceptors (Lipinski definition) is 6. The molecule has 1 saturated heterocycles. The van der Waals surface area contributed by atoms with Crippen molar-refractivity contribution >= 4 is 32.0 Å². The van der Waals surface area contributed by atoms with Crippen LogP contribution in [0.1, 0.15) is 0 Å². The van der Waals surface area contributed by atoms with E-state index in [9.17, 15) is 16.8 Å². The van der Waals surface area contributed by atoms with Crippen LogP contribution in [0, 0.1) is 0 Å². The lowest BCUT2D eigenvalue weighted by atomic mass is 10.3. The fraction of sp³-hybridized carbons (Fsp3) is 1.00. The summed E-state index contributed by atoms with van der Waals surface area (Å²) in [6.07, 6.45) is 1.28. The first kappa shape index (κ1) is 13.2. The van der Waals surface area contributed by atoms with Crippen molar-refractivity contribution in [3.8, 4) is 0 Å². The fourth-order valence-electron chi connectivity index (χ4n) is 1.18. The molecule has 1 fully saturated rings. The van der Waals surface area contributed by atoms with E-state index in [0.717, 1.165) is 0 Å². The van der Waals surface area contributed by atoms with E-state index in [2.05, 4.69) is 8.37 Å². The van der Waals surface area contributed by atoms with Crippen molar-refractivity contribution in [3.05, 3.63) is 0 Å². The molecular weight excluding hydrogens is 264 g/mol. The second-order valence-corrected chi connectivity index (χ2v) is 7.32. The van der Waals surface area contributed by atoms with E-state index >= 15 is 0 Å². The molecule has 0 bridgehead atoms. The van der Waals surface area contributed by atoms with Gasteiger partial charge in [-0.05, 0) is 0 Å². The predicted molar refractivity (Wildman–Crippen MR) is 56.5 cm³/mol. The van der Waals surface area contributed by atoms with E-state index < -0.39 is 44.2 Å². The highest BCUT2D eigenvalue weighted by atomic mass is 32.3. The molecular formula is C6H12O6S3. The molecule has 15 heavy (non-hydrogen) atoms. The average Bonchev–Trinajstić information content (AvgIpc) is 2.22. The molecule has 9 heteroatoms. The topological polar surface area (TPSA) is 86.7 Å². The van der Waals surface area contributed by atoms with Gasteiger partial charge in [0.1, 0.15) is 12.2 Å². The quantitative estimate of drug-likeness (QED) is 0.639. The Morgan fingerprint density at radius 2 is 1.33 bits per heavy atom. The third-order valence-electron chi connectivity index (χ3n) is 1.70. The minimum absolute atomic E-state index is 0.0566. The van der Waals surface area contributed by atoms with E-state index in [1.807, 2.05) is 0 Å². The lowest BCUT2D eigenvalue weighted by Gasteiger charge is -2.11. The Balaban J connectivity index is 2.74. The van der Waals surface area contributed by atoms with Crippen LogP contribution in [0.15, 0.2) is 0 Å². The maximum Gasteiger partial charge on any atom is 0.400 e. The van der Waals surface area contributed by atoms with E-state index in [1.54, 1.807) is 0 Å². The Morgan fingerprint density at radius 3 is 1.60 bits per heavy atom. The van der Waals surface area contributed by atoms with Crippen molar-refractivity contribution in [2.75, 3.05) is 24.0 Å². The van der Waals surface area contributed by atoms with Crippen LogP contribution in [0.2, 0.25) is 0 Å². The molecule has 1 rings (SSSR count). The standard InChI is InChI=1S/C6H12O6S3/c1-13(7)3-5-6(4-14(2)8)12-15(9,10)11-5/h5-6H,3-4H2,1-2H3. The fourth-order valence-corrected chi connectivity index (χ4v) is 3.88. The lowest BCUT2D eigenvalue weighted by Crippen LogP contribution is -2.32. The van der Waals surface area contributed by atoms with Crippen molar-refractivity contribution in [1.82, 2.24) is 0 Å². The van der Waals surface area contributed by atoms with Crippen LogP contribution in [-0.4, -0.2) is 53.1 Å². The summed E-state index contributed by atoms with van der Waals surface area (Å²) in [7, 11) is -6.39. The molecule has 0 radical (unpaired) electrons. The zero-order valence-corrected chi connectivity index (χ0v) is 10.7. The third kappa shape index (κ3) is 4.27. The van der Waals surface area contributed by atoms with Crippen molar-refractivity contribution in [3.63, 3.8) is 0 Å². The van der Waals surface area contributed by atoms with Gasteiger partial charge < -0.3 is 0 Å². The number of hydrogen-bond donors (Lipinski definition) is 0. The molecule has 0 aromatic heterocycles. The van der Waals surface area contributed by atoms with Gasteiger partial charge in [-0.25, -0.2) is 8.37 Å². The van der Waals surface area contributed by atoms with Crippen molar-refractivity contribution in [1.29, 1.82) is 0 Å². The molecule has 4 atom stereocenters. The minimum Gasteiger partial charge on any atom is -0.260 e. The van der Waals surface area contributed by atoms with Crippen molar-refractivity contribution in [2.45, 2.75) is 12.2 Å². The van der Waals surface area contributed by atoms with Gasteiger partial charge in [-0.1, -0.05) is 0 Å². The van der Waals surface area contributed by atoms with E-state index in [4.69, 9.17) is 0 Å². The molecule has 0 aliphatic carbocycles. The van der Waals surface area contributed by atoms with Gasteiger partial charge in [0, 0.05) is 34.1 Å². The average molecular weight is 276 g/mol. The molecule has 1 aliphatic heterocycles. The smallest absolute Gasteiger partial charge is 0.260 e. The molecule has 1 heterocycles. The van der Waals surface area contributed by atoms with Gasteiger partial charge >= 0.3 is 10.4 Å². The molecule has 0 aromatic rings. The molecule has 0 spiro atoms. The zero-order valence-electron chi connectivity index (χ0n) is 8.24. The van der Waals surface area contributed by atoms with Gasteiger partial charge in [-0.3, -0.25) is 8.42 Å². The van der Waals surface area contributed by atoms with Crippen LogP contribution in [0.3, 0.4) is 0 Å². The summed E-state index contributed by atoms with van der Waals surface area (Å²) in [5.41, 5.74) is 0. The van der Waals surface area contributed by atoms with Gasteiger partial charge in [-0.15, -0.1) is 0 Å². The van der Waals surface area contributed by atoms with Gasteiger partial charge in [0.05, 0.1) is 11.5 Å². The molecule has 4 unspecified atom stereocenters. The SMILES string of the molecule is CS(=O)CC1OS(=O)(=O)OC1CS(C)=O. The second kappa shape index (κ2) is 5.00. The molecule has 0 aromatic carbocycles. The van der Waals surface area contributed by atoms with Gasteiger partial charge in [0.15, 0.2) is 0 Å². The molecule has 0 N–H and O–H groups in total. The zero-order chi connectivity index (χ0) is 11.6. The van der Waals surface area contributed by atoms with Crippen molar-refractivity contribution in [2.24, 2.45) is 0 Å². The molecule has 6 nitrogen and oxygen atoms in total. The van der Waals surface area contributed by atoms with Crippen LogP contribution in [0.5, 0.6) is 0 Å². The normalized spacial score (nSPS) is 33.7. The molecule has 1 aliphatic rings. The Kier molecular flexibility index (Phi) is 4.41. The Morgan fingerprint density at radius 1 is 1.00 bits per heavy atom. The first-order valence-electron chi connectivity index (χ1n) is 4.02. The first-order chi connectivity index (χ1) is 6.80. The maximum atomic E-state index is 11.0. The van der Waals surface area contributed by atoms with E-state index in [0.29, 0.717) is 0 Å². The summed E-state index contributed by atoms with van der Waals surface area (Å²) in [5.74, 6) is 0.113. The summed E-state index contributed by atoms with van der Waals surface area (Å²) < 4.78 is 53.0. The second-order valence-electron chi connectivity index (χ2n) is 3.16. The first-order valence-corrected chi connectivity index (χ1v) is 8.80. The largest absolute Gasteiger partial charge is 0.400 e. The molecule has 0 saturated carbocycles. The summed E-state index contributed by atoms with van der Waals surface area (Å²) in [6, 6.07) is 0. The maximum absolute atomic E-state index is 11.0. The Hall–Kier alpha value is 0.170.